The summed E-state index contributed by atoms with van der Waals surface area (Å²) in [6.07, 6.45) is 0. The third kappa shape index (κ3) is 6.64. The van der Waals surface area contributed by atoms with Crippen LogP contribution in [0.1, 0.15) is 32.4 Å². The number of rotatable bonds is 8. The van der Waals surface area contributed by atoms with Gasteiger partial charge in [-0.05, 0) is 62.7 Å². The van der Waals surface area contributed by atoms with E-state index in [-0.39, 0.29) is 29.5 Å². The van der Waals surface area contributed by atoms with Gasteiger partial charge in [-0.1, -0.05) is 28.1 Å². The summed E-state index contributed by atoms with van der Waals surface area (Å²) in [7, 11) is -3.55. The van der Waals surface area contributed by atoms with Crippen molar-refractivity contribution in [3.8, 4) is 5.75 Å². The van der Waals surface area contributed by atoms with Gasteiger partial charge in [-0.2, -0.15) is 0 Å². The van der Waals surface area contributed by atoms with Crippen molar-refractivity contribution in [1.82, 2.24) is 10.0 Å². The van der Waals surface area contributed by atoms with Crippen molar-refractivity contribution in [3.05, 3.63) is 58.6 Å². The van der Waals surface area contributed by atoms with E-state index >= 15 is 0 Å². The minimum absolute atomic E-state index is 0.149. The van der Waals surface area contributed by atoms with Crippen LogP contribution in [0.2, 0.25) is 0 Å². The van der Waals surface area contributed by atoms with E-state index in [1.54, 1.807) is 13.8 Å². The van der Waals surface area contributed by atoms with Crippen LogP contribution in [-0.2, 0) is 14.8 Å². The van der Waals surface area contributed by atoms with E-state index in [9.17, 15) is 13.2 Å². The Morgan fingerprint density at radius 3 is 2.19 bits per heavy atom. The summed E-state index contributed by atoms with van der Waals surface area (Å²) in [5.74, 6) is 0.161. The first-order chi connectivity index (χ1) is 12.7. The highest BCUT2D eigenvalue weighted by Crippen LogP contribution is 2.18. The van der Waals surface area contributed by atoms with Crippen LogP contribution in [0.15, 0.2) is 57.9 Å². The summed E-state index contributed by atoms with van der Waals surface area (Å²) >= 11 is 3.38. The van der Waals surface area contributed by atoms with Gasteiger partial charge in [-0.25, -0.2) is 13.1 Å². The number of halogens is 1. The second-order valence-corrected chi connectivity index (χ2v) is 9.01. The van der Waals surface area contributed by atoms with E-state index < -0.39 is 10.0 Å². The van der Waals surface area contributed by atoms with Crippen molar-refractivity contribution >= 4 is 31.9 Å². The Morgan fingerprint density at radius 1 is 1.04 bits per heavy atom. The Morgan fingerprint density at radius 2 is 1.63 bits per heavy atom. The molecule has 6 nitrogen and oxygen atoms in total. The van der Waals surface area contributed by atoms with Gasteiger partial charge in [-0.3, -0.25) is 4.79 Å². The molecule has 1 amide bonds. The van der Waals surface area contributed by atoms with Crippen LogP contribution in [-0.4, -0.2) is 27.0 Å². The molecule has 0 bridgehead atoms. The first-order valence-electron chi connectivity index (χ1n) is 8.47. The van der Waals surface area contributed by atoms with Crippen LogP contribution >= 0.6 is 15.9 Å². The number of nitrogens with one attached hydrogen (secondary N) is 2. The van der Waals surface area contributed by atoms with E-state index in [4.69, 9.17) is 4.74 Å². The minimum Gasteiger partial charge on any atom is -0.484 e. The number of hydrogen-bond acceptors (Lipinski definition) is 4. The molecule has 27 heavy (non-hydrogen) atoms. The zero-order valence-corrected chi connectivity index (χ0v) is 17.8. The number of sulfonamides is 1. The van der Waals surface area contributed by atoms with Crippen molar-refractivity contribution in [2.75, 3.05) is 6.61 Å². The van der Waals surface area contributed by atoms with Gasteiger partial charge in [0.1, 0.15) is 5.75 Å². The lowest BCUT2D eigenvalue weighted by Gasteiger charge is -2.15. The maximum Gasteiger partial charge on any atom is 0.258 e. The fourth-order valence-corrected chi connectivity index (χ4v) is 3.88. The SMILES string of the molecule is CC(C)NS(=O)(=O)c1ccc(OCC(=O)N[C@@H](C)c2ccc(Br)cc2)cc1. The molecular formula is C19H23BrN2O4S. The quantitative estimate of drug-likeness (QED) is 0.639. The van der Waals surface area contributed by atoms with Crippen molar-refractivity contribution in [1.29, 1.82) is 0 Å². The lowest BCUT2D eigenvalue weighted by Crippen LogP contribution is -2.31. The highest BCUT2D eigenvalue weighted by molar-refractivity contribution is 9.10. The molecular weight excluding hydrogens is 432 g/mol. The fourth-order valence-electron chi connectivity index (χ4n) is 2.36. The molecule has 2 aromatic rings. The third-order valence-electron chi connectivity index (χ3n) is 3.64. The molecule has 0 radical (unpaired) electrons. The monoisotopic (exact) mass is 454 g/mol. The summed E-state index contributed by atoms with van der Waals surface area (Å²) < 4.78 is 33.1. The number of benzene rings is 2. The summed E-state index contributed by atoms with van der Waals surface area (Å²) in [5.41, 5.74) is 0.985. The molecule has 2 rings (SSSR count). The smallest absolute Gasteiger partial charge is 0.258 e. The van der Waals surface area contributed by atoms with Crippen molar-refractivity contribution < 1.29 is 17.9 Å². The third-order valence-corrected chi connectivity index (χ3v) is 5.85. The average molecular weight is 455 g/mol. The molecule has 8 heteroatoms. The minimum atomic E-state index is -3.55. The van der Waals surface area contributed by atoms with Crippen LogP contribution in [0.3, 0.4) is 0 Å². The molecule has 0 aliphatic rings. The largest absolute Gasteiger partial charge is 0.484 e. The highest BCUT2D eigenvalue weighted by atomic mass is 79.9. The molecule has 0 fully saturated rings. The Balaban J connectivity index is 1.89. The van der Waals surface area contributed by atoms with Crippen molar-refractivity contribution in [2.24, 2.45) is 0 Å². The van der Waals surface area contributed by atoms with Gasteiger partial charge in [0, 0.05) is 10.5 Å². The van der Waals surface area contributed by atoms with Gasteiger partial charge in [0.15, 0.2) is 6.61 Å². The number of carbonyl (C=O) groups is 1. The number of carbonyl (C=O) groups excluding carboxylic acids is 1. The van der Waals surface area contributed by atoms with Gasteiger partial charge in [-0.15, -0.1) is 0 Å². The summed E-state index contributed by atoms with van der Waals surface area (Å²) in [6.45, 7) is 5.24. The molecule has 2 aromatic carbocycles. The molecule has 0 saturated heterocycles. The van der Waals surface area contributed by atoms with Crippen LogP contribution < -0.4 is 14.8 Å². The highest BCUT2D eigenvalue weighted by Gasteiger charge is 2.15. The Labute approximate surface area is 168 Å². The Kier molecular flexibility index (Phi) is 7.41. The molecule has 1 atom stereocenters. The van der Waals surface area contributed by atoms with E-state index in [1.165, 1.54) is 24.3 Å². The topological polar surface area (TPSA) is 84.5 Å². The number of hydrogen-bond donors (Lipinski definition) is 2. The summed E-state index contributed by atoms with van der Waals surface area (Å²) in [4.78, 5) is 12.2. The van der Waals surface area contributed by atoms with Crippen LogP contribution in [0.25, 0.3) is 0 Å². The van der Waals surface area contributed by atoms with E-state index in [2.05, 4.69) is 26.0 Å². The van der Waals surface area contributed by atoms with Crippen LogP contribution in [0.4, 0.5) is 0 Å². The molecule has 0 spiro atoms. The molecule has 146 valence electrons. The molecule has 0 heterocycles. The normalized spacial score (nSPS) is 12.6. The average Bonchev–Trinajstić information content (AvgIpc) is 2.60. The van der Waals surface area contributed by atoms with E-state index in [1.807, 2.05) is 31.2 Å². The second kappa shape index (κ2) is 9.34. The van der Waals surface area contributed by atoms with Gasteiger partial charge in [0.2, 0.25) is 10.0 Å². The molecule has 0 aliphatic carbocycles. The Hall–Kier alpha value is -1.90. The van der Waals surface area contributed by atoms with Gasteiger partial charge in [0.25, 0.3) is 5.91 Å². The molecule has 0 aromatic heterocycles. The second-order valence-electron chi connectivity index (χ2n) is 6.38. The zero-order valence-electron chi connectivity index (χ0n) is 15.4. The molecule has 0 aliphatic heterocycles. The van der Waals surface area contributed by atoms with Crippen molar-refractivity contribution in [2.45, 2.75) is 37.8 Å². The maximum atomic E-state index is 12.1. The summed E-state index contributed by atoms with van der Waals surface area (Å²) in [6, 6.07) is 13.3. The first kappa shape index (κ1) is 21.4. The maximum absolute atomic E-state index is 12.1. The van der Waals surface area contributed by atoms with Crippen LogP contribution in [0.5, 0.6) is 5.75 Å². The Bertz CT molecular complexity index is 866. The van der Waals surface area contributed by atoms with E-state index in [0.29, 0.717) is 5.75 Å². The number of ether oxygens (including phenoxy) is 1. The predicted octanol–water partition coefficient (Wildman–Crippen LogP) is 3.39. The van der Waals surface area contributed by atoms with Gasteiger partial charge in [0.05, 0.1) is 10.9 Å². The lowest BCUT2D eigenvalue weighted by atomic mass is 10.1. The van der Waals surface area contributed by atoms with Gasteiger partial charge >= 0.3 is 0 Å². The first-order valence-corrected chi connectivity index (χ1v) is 10.7. The van der Waals surface area contributed by atoms with E-state index in [0.717, 1.165) is 10.0 Å². The zero-order chi connectivity index (χ0) is 20.0. The molecule has 0 unspecified atom stereocenters. The standard InChI is InChI=1S/C19H23BrN2O4S/c1-13(2)22-27(24,25)18-10-8-17(9-11-18)26-12-19(23)21-14(3)15-4-6-16(20)7-5-15/h4-11,13-14,22H,12H2,1-3H3,(H,21,23)/t14-/m0/s1. The fraction of sp³-hybridized carbons (Fsp3) is 0.316. The number of amides is 1. The molecule has 2 N–H and O–H groups in total. The van der Waals surface area contributed by atoms with Crippen LogP contribution in [0, 0.1) is 0 Å². The molecule has 0 saturated carbocycles. The van der Waals surface area contributed by atoms with Crippen molar-refractivity contribution in [3.63, 3.8) is 0 Å². The predicted molar refractivity (Wildman–Crippen MR) is 108 cm³/mol. The lowest BCUT2D eigenvalue weighted by molar-refractivity contribution is -0.123. The van der Waals surface area contributed by atoms with Gasteiger partial charge < -0.3 is 10.1 Å². The summed E-state index contributed by atoms with van der Waals surface area (Å²) in [5, 5.41) is 2.86.